The summed E-state index contributed by atoms with van der Waals surface area (Å²) in [5.74, 6) is 2.89. The quantitative estimate of drug-likeness (QED) is 0.365. The molecule has 1 saturated carbocycles. The second-order valence-corrected chi connectivity index (χ2v) is 8.01. The second-order valence-electron chi connectivity index (χ2n) is 7.58. The summed E-state index contributed by atoms with van der Waals surface area (Å²) in [6.07, 6.45) is 5.24. The van der Waals surface area contributed by atoms with E-state index in [2.05, 4.69) is 44.8 Å². The number of aryl methyl sites for hydroxylation is 2. The minimum absolute atomic E-state index is 0. The molecule has 1 atom stereocenters. The fourth-order valence-electron chi connectivity index (χ4n) is 3.81. The first-order valence-electron chi connectivity index (χ1n) is 9.78. The van der Waals surface area contributed by atoms with Gasteiger partial charge in [0.05, 0.1) is 6.54 Å². The lowest BCUT2D eigenvalue weighted by atomic mass is 9.96. The highest BCUT2D eigenvalue weighted by molar-refractivity contribution is 14.0. The van der Waals surface area contributed by atoms with Gasteiger partial charge in [0.2, 0.25) is 0 Å². The number of guanidine groups is 1. The molecule has 6 nitrogen and oxygen atoms in total. The van der Waals surface area contributed by atoms with E-state index in [1.807, 2.05) is 23.9 Å². The summed E-state index contributed by atoms with van der Waals surface area (Å²) in [5, 5.41) is 12.5. The largest absolute Gasteiger partial charge is 0.356 e. The highest BCUT2D eigenvalue weighted by Crippen LogP contribution is 2.48. The molecule has 1 aromatic heterocycles. The Kier molecular flexibility index (Phi) is 6.85. The van der Waals surface area contributed by atoms with E-state index >= 15 is 0 Å². The first-order valence-corrected chi connectivity index (χ1v) is 10.2. The van der Waals surface area contributed by atoms with Gasteiger partial charge >= 0.3 is 0 Å². The van der Waals surface area contributed by atoms with Gasteiger partial charge in [0.25, 0.3) is 0 Å². The van der Waals surface area contributed by atoms with Crippen LogP contribution in [0, 0.1) is 0 Å². The van der Waals surface area contributed by atoms with Crippen LogP contribution in [0.15, 0.2) is 29.3 Å². The molecular weight excluding hydrogens is 487 g/mol. The van der Waals surface area contributed by atoms with Gasteiger partial charge in [-0.25, -0.2) is 9.67 Å². The first-order chi connectivity index (χ1) is 13.1. The second kappa shape index (κ2) is 8.98. The molecule has 1 aromatic carbocycles. The lowest BCUT2D eigenvalue weighted by Gasteiger charge is -2.26. The van der Waals surface area contributed by atoms with E-state index in [1.165, 1.54) is 18.4 Å². The van der Waals surface area contributed by atoms with Gasteiger partial charge < -0.3 is 10.6 Å². The first kappa shape index (κ1) is 21.4. The van der Waals surface area contributed by atoms with Crippen LogP contribution in [0.25, 0.3) is 0 Å². The van der Waals surface area contributed by atoms with Crippen LogP contribution in [-0.4, -0.2) is 40.4 Å². The highest BCUT2D eigenvalue weighted by Gasteiger charge is 2.44. The maximum absolute atomic E-state index is 6.18. The van der Waals surface area contributed by atoms with E-state index in [-0.39, 0.29) is 29.4 Å². The summed E-state index contributed by atoms with van der Waals surface area (Å²) in [4.78, 5) is 9.01. The molecule has 4 rings (SSSR count). The Balaban J connectivity index is 0.00000225. The van der Waals surface area contributed by atoms with Gasteiger partial charge in [0.15, 0.2) is 11.8 Å². The Morgan fingerprint density at radius 2 is 2.21 bits per heavy atom. The van der Waals surface area contributed by atoms with E-state index in [9.17, 15) is 0 Å². The van der Waals surface area contributed by atoms with Gasteiger partial charge in [0, 0.05) is 42.9 Å². The van der Waals surface area contributed by atoms with Crippen molar-refractivity contribution in [2.24, 2.45) is 4.99 Å². The highest BCUT2D eigenvalue weighted by atomic mass is 127. The maximum atomic E-state index is 6.18. The Morgan fingerprint density at radius 1 is 1.39 bits per heavy atom. The third-order valence-electron chi connectivity index (χ3n) is 5.67. The number of nitrogens with zero attached hydrogens (tertiary/aromatic N) is 4. The molecule has 2 heterocycles. The molecule has 2 N–H and O–H groups in total. The molecule has 2 aliphatic rings. The molecule has 0 amide bonds. The number of aliphatic imine (C=N–C) groups is 1. The van der Waals surface area contributed by atoms with Crippen LogP contribution in [0.5, 0.6) is 0 Å². The van der Waals surface area contributed by atoms with Crippen molar-refractivity contribution in [2.45, 2.75) is 57.0 Å². The third-order valence-corrected chi connectivity index (χ3v) is 5.90. The smallest absolute Gasteiger partial charge is 0.191 e. The van der Waals surface area contributed by atoms with Crippen LogP contribution >= 0.6 is 35.6 Å². The third kappa shape index (κ3) is 4.62. The molecule has 1 fully saturated rings. The molecule has 0 spiro atoms. The number of aromatic nitrogens is 3. The zero-order chi connectivity index (χ0) is 18.9. The van der Waals surface area contributed by atoms with Crippen LogP contribution < -0.4 is 10.6 Å². The maximum Gasteiger partial charge on any atom is 0.191 e. The van der Waals surface area contributed by atoms with Crippen molar-refractivity contribution in [3.63, 3.8) is 0 Å². The van der Waals surface area contributed by atoms with Crippen LogP contribution in [0.3, 0.4) is 0 Å². The van der Waals surface area contributed by atoms with Crippen LogP contribution in [-0.2, 0) is 24.8 Å². The van der Waals surface area contributed by atoms with Crippen molar-refractivity contribution in [1.82, 2.24) is 25.4 Å². The number of hydrogen-bond donors (Lipinski definition) is 2. The molecule has 0 bridgehead atoms. The lowest BCUT2D eigenvalue weighted by Crippen LogP contribution is -2.48. The zero-order valence-electron chi connectivity index (χ0n) is 16.4. The number of halogens is 2. The number of rotatable bonds is 5. The number of nitrogens with one attached hydrogen (secondary N) is 2. The predicted octanol–water partition coefficient (Wildman–Crippen LogP) is 3.32. The van der Waals surface area contributed by atoms with Gasteiger partial charge in [-0.2, -0.15) is 5.10 Å². The van der Waals surface area contributed by atoms with Crippen LogP contribution in [0.1, 0.15) is 43.4 Å². The Labute approximate surface area is 188 Å². The monoisotopic (exact) mass is 514 g/mol. The van der Waals surface area contributed by atoms with Crippen molar-refractivity contribution in [3.8, 4) is 0 Å². The van der Waals surface area contributed by atoms with Crippen molar-refractivity contribution >= 4 is 41.5 Å². The molecule has 0 radical (unpaired) electrons. The fraction of sp³-hybridized carbons (Fsp3) is 0.550. The van der Waals surface area contributed by atoms with Crippen molar-refractivity contribution < 1.29 is 0 Å². The Bertz CT molecular complexity index is 845. The van der Waals surface area contributed by atoms with Gasteiger partial charge in [-0.05, 0) is 37.0 Å². The van der Waals surface area contributed by atoms with Gasteiger partial charge in [0.1, 0.15) is 5.82 Å². The van der Waals surface area contributed by atoms with E-state index in [4.69, 9.17) is 11.6 Å². The molecular formula is C20H28ClIN6. The summed E-state index contributed by atoms with van der Waals surface area (Å²) in [6.45, 7) is 3.80. The SMILES string of the molecule is CCc1nc2n(n1)CC(NC(=NC)NCC1(c3cccc(Cl)c3)CC1)CC2.I. The topological polar surface area (TPSA) is 67.1 Å². The molecule has 28 heavy (non-hydrogen) atoms. The molecule has 1 aliphatic carbocycles. The van der Waals surface area contributed by atoms with E-state index < -0.39 is 0 Å². The lowest BCUT2D eigenvalue weighted by molar-refractivity contribution is 0.391. The van der Waals surface area contributed by atoms with Gasteiger partial charge in [-0.1, -0.05) is 30.7 Å². The number of fused-ring (bicyclic) bond motifs is 1. The van der Waals surface area contributed by atoms with E-state index in [1.54, 1.807) is 0 Å². The average Bonchev–Trinajstić information content (AvgIpc) is 3.36. The summed E-state index contributed by atoms with van der Waals surface area (Å²) in [6, 6.07) is 8.55. The average molecular weight is 515 g/mol. The molecule has 0 saturated heterocycles. The van der Waals surface area contributed by atoms with E-state index in [0.717, 1.165) is 55.0 Å². The standard InChI is InChI=1S/C20H27ClN6.HI/c1-3-17-25-18-8-7-16(12-27(18)26-17)24-19(22-2)23-13-20(9-10-20)14-5-4-6-15(21)11-14;/h4-6,11,16H,3,7-10,12-13H2,1-2H3,(H2,22,23,24);1H. The minimum Gasteiger partial charge on any atom is -0.356 e. The Morgan fingerprint density at radius 3 is 2.89 bits per heavy atom. The zero-order valence-corrected chi connectivity index (χ0v) is 19.5. The van der Waals surface area contributed by atoms with Crippen molar-refractivity contribution in [2.75, 3.05) is 13.6 Å². The predicted molar refractivity (Wildman–Crippen MR) is 124 cm³/mol. The molecule has 2 aromatic rings. The molecule has 1 unspecified atom stereocenters. The summed E-state index contributed by atoms with van der Waals surface area (Å²) < 4.78 is 2.04. The van der Waals surface area contributed by atoms with Crippen molar-refractivity contribution in [3.05, 3.63) is 46.5 Å². The summed E-state index contributed by atoms with van der Waals surface area (Å²) in [7, 11) is 1.83. The van der Waals surface area contributed by atoms with Crippen LogP contribution in [0.4, 0.5) is 0 Å². The number of benzene rings is 1. The molecule has 8 heteroatoms. The number of hydrogen-bond acceptors (Lipinski definition) is 3. The van der Waals surface area contributed by atoms with Gasteiger partial charge in [-0.3, -0.25) is 4.99 Å². The fourth-order valence-corrected chi connectivity index (χ4v) is 4.00. The Hall–Kier alpha value is -1.35. The summed E-state index contributed by atoms with van der Waals surface area (Å²) >= 11 is 6.18. The summed E-state index contributed by atoms with van der Waals surface area (Å²) in [5.41, 5.74) is 1.50. The van der Waals surface area contributed by atoms with Crippen LogP contribution in [0.2, 0.25) is 5.02 Å². The minimum atomic E-state index is 0. The molecule has 1 aliphatic heterocycles. The normalized spacial score (nSPS) is 20.1. The van der Waals surface area contributed by atoms with Gasteiger partial charge in [-0.15, -0.1) is 24.0 Å². The van der Waals surface area contributed by atoms with Crippen molar-refractivity contribution in [1.29, 1.82) is 0 Å². The molecule has 152 valence electrons. The van der Waals surface area contributed by atoms with E-state index in [0.29, 0.717) is 6.04 Å².